The lowest BCUT2D eigenvalue weighted by Crippen LogP contribution is -1.98. The number of ether oxygens (including phenoxy) is 1. The maximum atomic E-state index is 10.6. The average Bonchev–Trinajstić information content (AvgIpc) is 2.14. The topological polar surface area (TPSA) is 46.5 Å². The van der Waals surface area contributed by atoms with E-state index in [1.54, 1.807) is 12.1 Å². The van der Waals surface area contributed by atoms with Crippen LogP contribution in [0.3, 0.4) is 0 Å². The second kappa shape index (κ2) is 5.28. The Morgan fingerprint density at radius 1 is 1.60 bits per heavy atom. The van der Waals surface area contributed by atoms with Crippen LogP contribution in [-0.4, -0.2) is 17.3 Å². The Hall–Kier alpha value is -0.870. The van der Waals surface area contributed by atoms with Gasteiger partial charge in [-0.3, -0.25) is 4.79 Å². The highest BCUT2D eigenvalue weighted by Gasteiger charge is 2.08. The van der Waals surface area contributed by atoms with Crippen molar-refractivity contribution in [2.75, 3.05) is 6.26 Å². The van der Waals surface area contributed by atoms with E-state index in [0.717, 1.165) is 0 Å². The highest BCUT2D eigenvalue weighted by molar-refractivity contribution is 7.98. The van der Waals surface area contributed by atoms with Crippen molar-refractivity contribution in [1.82, 2.24) is 0 Å². The summed E-state index contributed by atoms with van der Waals surface area (Å²) in [4.78, 5) is 11.2. The first kappa shape index (κ1) is 12.2. The lowest BCUT2D eigenvalue weighted by atomic mass is 10.2. The minimum atomic E-state index is -0.362. The van der Waals surface area contributed by atoms with Crippen LogP contribution in [0.1, 0.15) is 12.5 Å². The van der Waals surface area contributed by atoms with Crippen molar-refractivity contribution in [3.8, 4) is 5.75 Å². The number of phenolic OH excluding ortho intramolecular Hbond substituents is 1. The van der Waals surface area contributed by atoms with Crippen molar-refractivity contribution < 1.29 is 14.6 Å². The summed E-state index contributed by atoms with van der Waals surface area (Å²) in [7, 11) is 0. The molecular weight excluding hydrogens is 236 g/mol. The van der Waals surface area contributed by atoms with Gasteiger partial charge >= 0.3 is 5.97 Å². The summed E-state index contributed by atoms with van der Waals surface area (Å²) in [5.74, 6) is -0.253. The Kier molecular flexibility index (Phi) is 4.29. The van der Waals surface area contributed by atoms with E-state index >= 15 is 0 Å². The van der Waals surface area contributed by atoms with Crippen molar-refractivity contribution in [2.24, 2.45) is 0 Å². The Balaban J connectivity index is 2.88. The molecule has 0 aliphatic carbocycles. The maximum Gasteiger partial charge on any atom is 0.302 e. The number of thioether (sulfide) groups is 1. The summed E-state index contributed by atoms with van der Waals surface area (Å²) in [6.07, 6.45) is 1.83. The zero-order chi connectivity index (χ0) is 11.4. The van der Waals surface area contributed by atoms with E-state index in [2.05, 4.69) is 0 Å². The molecule has 1 aromatic rings. The molecule has 1 N–H and O–H groups in total. The van der Waals surface area contributed by atoms with Gasteiger partial charge in [-0.1, -0.05) is 11.6 Å². The summed E-state index contributed by atoms with van der Waals surface area (Å²) in [5.41, 5.74) is 0.672. The van der Waals surface area contributed by atoms with Crippen LogP contribution in [-0.2, 0) is 16.1 Å². The number of carbonyl (C=O) groups excluding carboxylic acids is 1. The molecule has 0 saturated carbocycles. The Morgan fingerprint density at radius 3 is 2.73 bits per heavy atom. The molecule has 0 aromatic heterocycles. The fraction of sp³-hybridized carbons (Fsp3) is 0.300. The second-order valence-corrected chi connectivity index (χ2v) is 4.13. The van der Waals surface area contributed by atoms with Gasteiger partial charge in [-0.05, 0) is 24.0 Å². The van der Waals surface area contributed by atoms with Gasteiger partial charge in [-0.25, -0.2) is 0 Å². The largest absolute Gasteiger partial charge is 0.507 e. The SMILES string of the molecule is CSc1c(O)cc(COC(C)=O)cc1Cl. The van der Waals surface area contributed by atoms with Crippen molar-refractivity contribution in [3.05, 3.63) is 22.7 Å². The zero-order valence-electron chi connectivity index (χ0n) is 8.41. The molecule has 0 fully saturated rings. The molecule has 0 radical (unpaired) electrons. The molecule has 0 amide bonds. The predicted molar refractivity (Wildman–Crippen MR) is 60.4 cm³/mol. The monoisotopic (exact) mass is 246 g/mol. The first-order chi connectivity index (χ1) is 7.04. The van der Waals surface area contributed by atoms with E-state index in [1.165, 1.54) is 18.7 Å². The van der Waals surface area contributed by atoms with Gasteiger partial charge in [-0.15, -0.1) is 11.8 Å². The number of halogens is 1. The fourth-order valence-corrected chi connectivity index (χ4v) is 2.09. The first-order valence-corrected chi connectivity index (χ1v) is 5.83. The molecule has 1 aromatic carbocycles. The van der Waals surface area contributed by atoms with Gasteiger partial charge < -0.3 is 9.84 Å². The standard InChI is InChI=1S/C10H11ClO3S/c1-6(12)14-5-7-3-8(11)10(15-2)9(13)4-7/h3-4,13H,5H2,1-2H3. The van der Waals surface area contributed by atoms with E-state index in [9.17, 15) is 9.90 Å². The molecule has 0 aliphatic heterocycles. The van der Waals surface area contributed by atoms with Crippen LogP contribution in [0, 0.1) is 0 Å². The number of phenols is 1. The maximum absolute atomic E-state index is 10.6. The Labute approximate surface area is 97.4 Å². The number of hydrogen-bond acceptors (Lipinski definition) is 4. The fourth-order valence-electron chi connectivity index (χ4n) is 1.10. The van der Waals surface area contributed by atoms with Crippen LogP contribution in [0.4, 0.5) is 0 Å². The van der Waals surface area contributed by atoms with Gasteiger partial charge in [0.15, 0.2) is 0 Å². The summed E-state index contributed by atoms with van der Waals surface area (Å²) >= 11 is 7.29. The smallest absolute Gasteiger partial charge is 0.302 e. The average molecular weight is 247 g/mol. The molecule has 82 valence electrons. The number of esters is 1. The summed E-state index contributed by atoms with van der Waals surface area (Å²) < 4.78 is 4.80. The van der Waals surface area contributed by atoms with Gasteiger partial charge in [0.2, 0.25) is 0 Å². The van der Waals surface area contributed by atoms with Crippen molar-refractivity contribution in [3.63, 3.8) is 0 Å². The van der Waals surface area contributed by atoms with Crippen LogP contribution in [0.15, 0.2) is 17.0 Å². The molecular formula is C10H11ClO3S. The van der Waals surface area contributed by atoms with Crippen LogP contribution in [0.2, 0.25) is 5.02 Å². The first-order valence-electron chi connectivity index (χ1n) is 4.23. The highest BCUT2D eigenvalue weighted by Crippen LogP contribution is 2.35. The lowest BCUT2D eigenvalue weighted by molar-refractivity contribution is -0.142. The van der Waals surface area contributed by atoms with Crippen LogP contribution in [0.25, 0.3) is 0 Å². The zero-order valence-corrected chi connectivity index (χ0v) is 9.98. The highest BCUT2D eigenvalue weighted by atomic mass is 35.5. The predicted octanol–water partition coefficient (Wildman–Crippen LogP) is 2.83. The number of carbonyl (C=O) groups is 1. The molecule has 0 aliphatic rings. The summed E-state index contributed by atoms with van der Waals surface area (Å²) in [6.45, 7) is 1.45. The molecule has 1 rings (SSSR count). The van der Waals surface area contributed by atoms with E-state index in [1.807, 2.05) is 6.26 Å². The molecule has 0 saturated heterocycles. The van der Waals surface area contributed by atoms with E-state index < -0.39 is 0 Å². The number of rotatable bonds is 3. The van der Waals surface area contributed by atoms with E-state index in [-0.39, 0.29) is 18.3 Å². The normalized spacial score (nSPS) is 10.1. The lowest BCUT2D eigenvalue weighted by Gasteiger charge is -2.07. The van der Waals surface area contributed by atoms with Gasteiger partial charge in [0.25, 0.3) is 0 Å². The molecule has 0 atom stereocenters. The quantitative estimate of drug-likeness (QED) is 0.658. The van der Waals surface area contributed by atoms with Gasteiger partial charge in [0, 0.05) is 6.92 Å². The Morgan fingerprint density at radius 2 is 2.27 bits per heavy atom. The molecule has 5 heteroatoms. The van der Waals surface area contributed by atoms with Crippen molar-refractivity contribution in [2.45, 2.75) is 18.4 Å². The van der Waals surface area contributed by atoms with E-state index in [0.29, 0.717) is 15.5 Å². The molecule has 3 nitrogen and oxygen atoms in total. The number of aromatic hydroxyl groups is 1. The van der Waals surface area contributed by atoms with Crippen molar-refractivity contribution >= 4 is 29.3 Å². The van der Waals surface area contributed by atoms with Gasteiger partial charge in [0.1, 0.15) is 12.4 Å². The molecule has 0 heterocycles. The van der Waals surface area contributed by atoms with Crippen molar-refractivity contribution in [1.29, 1.82) is 0 Å². The van der Waals surface area contributed by atoms with Crippen LogP contribution in [0.5, 0.6) is 5.75 Å². The number of hydrogen-bond donors (Lipinski definition) is 1. The van der Waals surface area contributed by atoms with Crippen LogP contribution >= 0.6 is 23.4 Å². The third-order valence-electron chi connectivity index (χ3n) is 1.73. The second-order valence-electron chi connectivity index (χ2n) is 2.91. The minimum absolute atomic E-state index is 0.108. The van der Waals surface area contributed by atoms with Crippen LogP contribution < -0.4 is 0 Å². The summed E-state index contributed by atoms with van der Waals surface area (Å²) in [6, 6.07) is 3.22. The number of benzene rings is 1. The third kappa shape index (κ3) is 3.32. The third-order valence-corrected chi connectivity index (χ3v) is 2.98. The van der Waals surface area contributed by atoms with Gasteiger partial charge in [0.05, 0.1) is 9.92 Å². The molecule has 0 spiro atoms. The molecule has 15 heavy (non-hydrogen) atoms. The molecule has 0 bridgehead atoms. The molecule has 0 unspecified atom stereocenters. The summed E-state index contributed by atoms with van der Waals surface area (Å²) in [5, 5.41) is 10.1. The Bertz CT molecular complexity index is 356. The van der Waals surface area contributed by atoms with Gasteiger partial charge in [-0.2, -0.15) is 0 Å². The van der Waals surface area contributed by atoms with E-state index in [4.69, 9.17) is 16.3 Å². The minimum Gasteiger partial charge on any atom is -0.507 e.